The molecule has 0 aliphatic rings. The number of hydrogen-bond acceptors (Lipinski definition) is 1. The minimum atomic E-state index is -0.381. The van der Waals surface area contributed by atoms with E-state index in [1.165, 1.54) is 6.07 Å². The second-order valence-electron chi connectivity index (χ2n) is 3.61. The standard InChI is InChI=1S/C13H10ClFIN/c14-12-5-4-9(6-13(12)15)8-17-11-3-1-2-10(16)7-11/h1-7,17H,8H2. The van der Waals surface area contributed by atoms with E-state index >= 15 is 0 Å². The van der Waals surface area contributed by atoms with E-state index in [0.717, 1.165) is 14.8 Å². The topological polar surface area (TPSA) is 12.0 Å². The fourth-order valence-electron chi connectivity index (χ4n) is 1.45. The Labute approximate surface area is 118 Å². The summed E-state index contributed by atoms with van der Waals surface area (Å²) in [7, 11) is 0. The average Bonchev–Trinajstić information content (AvgIpc) is 2.31. The van der Waals surface area contributed by atoms with Crippen LogP contribution in [0.4, 0.5) is 10.1 Å². The van der Waals surface area contributed by atoms with Crippen LogP contribution in [0.1, 0.15) is 5.56 Å². The lowest BCUT2D eigenvalue weighted by Crippen LogP contribution is -1.99. The van der Waals surface area contributed by atoms with Crippen LogP contribution < -0.4 is 5.32 Å². The fraction of sp³-hybridized carbons (Fsp3) is 0.0769. The zero-order chi connectivity index (χ0) is 12.3. The third-order valence-electron chi connectivity index (χ3n) is 2.31. The predicted octanol–water partition coefficient (Wildman–Crippen LogP) is 4.70. The van der Waals surface area contributed by atoms with Gasteiger partial charge in [-0.3, -0.25) is 0 Å². The lowest BCUT2D eigenvalue weighted by Gasteiger charge is -2.07. The van der Waals surface area contributed by atoms with E-state index in [-0.39, 0.29) is 10.8 Å². The monoisotopic (exact) mass is 361 g/mol. The number of benzene rings is 2. The molecule has 1 nitrogen and oxygen atoms in total. The van der Waals surface area contributed by atoms with Crippen molar-refractivity contribution in [1.29, 1.82) is 0 Å². The number of hydrogen-bond donors (Lipinski definition) is 1. The summed E-state index contributed by atoms with van der Waals surface area (Å²) in [5.41, 5.74) is 1.89. The summed E-state index contributed by atoms with van der Waals surface area (Å²) in [5.74, 6) is -0.381. The van der Waals surface area contributed by atoms with Crippen molar-refractivity contribution in [3.8, 4) is 0 Å². The van der Waals surface area contributed by atoms with E-state index in [1.807, 2.05) is 30.3 Å². The van der Waals surface area contributed by atoms with Gasteiger partial charge in [0.25, 0.3) is 0 Å². The average molecular weight is 362 g/mol. The van der Waals surface area contributed by atoms with Gasteiger partial charge >= 0.3 is 0 Å². The molecule has 2 rings (SSSR count). The van der Waals surface area contributed by atoms with Gasteiger partial charge in [0.2, 0.25) is 0 Å². The Morgan fingerprint density at radius 1 is 1.18 bits per heavy atom. The van der Waals surface area contributed by atoms with Crippen LogP contribution in [0, 0.1) is 9.39 Å². The molecule has 4 heteroatoms. The first-order chi connectivity index (χ1) is 8.15. The molecule has 0 atom stereocenters. The fourth-order valence-corrected chi connectivity index (χ4v) is 2.11. The second-order valence-corrected chi connectivity index (χ2v) is 5.27. The first-order valence-electron chi connectivity index (χ1n) is 5.08. The molecule has 0 saturated carbocycles. The molecule has 0 aromatic heterocycles. The smallest absolute Gasteiger partial charge is 0.142 e. The molecule has 17 heavy (non-hydrogen) atoms. The van der Waals surface area contributed by atoms with Crippen molar-refractivity contribution in [3.05, 3.63) is 62.4 Å². The van der Waals surface area contributed by atoms with Gasteiger partial charge in [-0.25, -0.2) is 4.39 Å². The Balaban J connectivity index is 2.05. The summed E-state index contributed by atoms with van der Waals surface area (Å²) in [6, 6.07) is 12.8. The molecule has 88 valence electrons. The summed E-state index contributed by atoms with van der Waals surface area (Å²) >= 11 is 7.87. The first-order valence-corrected chi connectivity index (χ1v) is 6.54. The van der Waals surface area contributed by atoms with Crippen molar-refractivity contribution >= 4 is 39.9 Å². The van der Waals surface area contributed by atoms with Gasteiger partial charge in [0.05, 0.1) is 5.02 Å². The molecule has 2 aromatic carbocycles. The molecule has 0 bridgehead atoms. The minimum Gasteiger partial charge on any atom is -0.381 e. The summed E-state index contributed by atoms with van der Waals surface area (Å²) in [5, 5.41) is 3.39. The van der Waals surface area contributed by atoms with E-state index in [9.17, 15) is 4.39 Å². The number of nitrogens with one attached hydrogen (secondary N) is 1. The number of anilines is 1. The molecule has 0 aliphatic heterocycles. The molecule has 0 heterocycles. The van der Waals surface area contributed by atoms with Gasteiger partial charge in [0.1, 0.15) is 5.82 Å². The van der Waals surface area contributed by atoms with Gasteiger partial charge in [-0.05, 0) is 58.5 Å². The van der Waals surface area contributed by atoms with Crippen LogP contribution in [0.2, 0.25) is 5.02 Å². The molecule has 0 unspecified atom stereocenters. The summed E-state index contributed by atoms with van der Waals surface area (Å²) < 4.78 is 14.4. The summed E-state index contributed by atoms with van der Waals surface area (Å²) in [6.07, 6.45) is 0. The zero-order valence-electron chi connectivity index (χ0n) is 8.88. The third-order valence-corrected chi connectivity index (χ3v) is 3.28. The van der Waals surface area contributed by atoms with Gasteiger partial charge in [-0.2, -0.15) is 0 Å². The number of rotatable bonds is 3. The van der Waals surface area contributed by atoms with E-state index < -0.39 is 0 Å². The Bertz CT molecular complexity index is 531. The predicted molar refractivity (Wildman–Crippen MR) is 77.9 cm³/mol. The zero-order valence-corrected chi connectivity index (χ0v) is 11.8. The van der Waals surface area contributed by atoms with E-state index in [4.69, 9.17) is 11.6 Å². The van der Waals surface area contributed by atoms with Crippen molar-refractivity contribution in [1.82, 2.24) is 0 Å². The molecule has 0 radical (unpaired) electrons. The molecular formula is C13H10ClFIN. The van der Waals surface area contributed by atoms with Gasteiger partial charge in [-0.1, -0.05) is 23.7 Å². The summed E-state index contributed by atoms with van der Waals surface area (Å²) in [6.45, 7) is 0.578. The lowest BCUT2D eigenvalue weighted by atomic mass is 10.2. The highest BCUT2D eigenvalue weighted by Crippen LogP contribution is 2.17. The SMILES string of the molecule is Fc1cc(CNc2cccc(I)c2)ccc1Cl. The van der Waals surface area contributed by atoms with Crippen LogP contribution in [-0.4, -0.2) is 0 Å². The summed E-state index contributed by atoms with van der Waals surface area (Å²) in [4.78, 5) is 0. The largest absolute Gasteiger partial charge is 0.381 e. The maximum absolute atomic E-state index is 13.2. The molecule has 0 aliphatic carbocycles. The van der Waals surface area contributed by atoms with E-state index in [2.05, 4.69) is 27.9 Å². The molecule has 1 N–H and O–H groups in total. The van der Waals surface area contributed by atoms with E-state index in [0.29, 0.717) is 6.54 Å². The normalized spacial score (nSPS) is 10.3. The van der Waals surface area contributed by atoms with Crippen LogP contribution in [0.5, 0.6) is 0 Å². The van der Waals surface area contributed by atoms with Gasteiger partial charge in [-0.15, -0.1) is 0 Å². The highest BCUT2D eigenvalue weighted by Gasteiger charge is 2.01. The molecule has 0 spiro atoms. The van der Waals surface area contributed by atoms with Crippen molar-refractivity contribution in [2.24, 2.45) is 0 Å². The molecular weight excluding hydrogens is 352 g/mol. The van der Waals surface area contributed by atoms with Crippen molar-refractivity contribution in [2.45, 2.75) is 6.54 Å². The van der Waals surface area contributed by atoms with Crippen molar-refractivity contribution in [3.63, 3.8) is 0 Å². The Kier molecular flexibility index (Phi) is 4.23. The maximum atomic E-state index is 13.2. The highest BCUT2D eigenvalue weighted by atomic mass is 127. The maximum Gasteiger partial charge on any atom is 0.142 e. The second kappa shape index (κ2) is 5.69. The van der Waals surface area contributed by atoms with Crippen LogP contribution in [-0.2, 0) is 6.54 Å². The van der Waals surface area contributed by atoms with Crippen LogP contribution in [0.3, 0.4) is 0 Å². The Hall–Kier alpha value is -0.810. The van der Waals surface area contributed by atoms with Gasteiger partial charge in [0, 0.05) is 15.8 Å². The molecule has 0 saturated heterocycles. The van der Waals surface area contributed by atoms with Crippen molar-refractivity contribution in [2.75, 3.05) is 5.32 Å². The Morgan fingerprint density at radius 3 is 2.71 bits per heavy atom. The van der Waals surface area contributed by atoms with E-state index in [1.54, 1.807) is 6.07 Å². The first kappa shape index (κ1) is 12.6. The molecule has 0 amide bonds. The minimum absolute atomic E-state index is 0.156. The third kappa shape index (κ3) is 3.57. The van der Waals surface area contributed by atoms with Crippen LogP contribution >= 0.6 is 34.2 Å². The van der Waals surface area contributed by atoms with Gasteiger partial charge < -0.3 is 5.32 Å². The molecule has 0 fully saturated rings. The number of halogens is 3. The Morgan fingerprint density at radius 2 is 2.00 bits per heavy atom. The quantitative estimate of drug-likeness (QED) is 0.782. The molecule has 2 aromatic rings. The van der Waals surface area contributed by atoms with Crippen molar-refractivity contribution < 1.29 is 4.39 Å². The van der Waals surface area contributed by atoms with Gasteiger partial charge in [0.15, 0.2) is 0 Å². The highest BCUT2D eigenvalue weighted by molar-refractivity contribution is 14.1. The van der Waals surface area contributed by atoms with Crippen LogP contribution in [0.15, 0.2) is 42.5 Å². The van der Waals surface area contributed by atoms with Crippen LogP contribution in [0.25, 0.3) is 0 Å². The lowest BCUT2D eigenvalue weighted by molar-refractivity contribution is 0.626.